The Hall–Kier alpha value is -1.62. The molecule has 0 amide bonds. The van der Waals surface area contributed by atoms with Gasteiger partial charge in [0.15, 0.2) is 0 Å². The highest BCUT2D eigenvalue weighted by Crippen LogP contribution is 2.08. The third-order valence-electron chi connectivity index (χ3n) is 1.24. The molecule has 1 aromatic heterocycles. The topological polar surface area (TPSA) is 71.8 Å². The molecule has 0 fully saturated rings. The summed E-state index contributed by atoms with van der Waals surface area (Å²) in [6.45, 7) is -0.478. The van der Waals surface area contributed by atoms with Crippen molar-refractivity contribution < 1.29 is 14.7 Å². The van der Waals surface area contributed by atoms with Crippen LogP contribution in [0.5, 0.6) is 0 Å². The van der Waals surface area contributed by atoms with Crippen LogP contribution in [0.2, 0.25) is 5.15 Å². The fourth-order valence-electron chi connectivity index (χ4n) is 0.681. The number of hydrogen-bond donors (Lipinski definition) is 1. The highest BCUT2D eigenvalue weighted by Gasteiger charge is 1.97. The van der Waals surface area contributed by atoms with Gasteiger partial charge < -0.3 is 9.94 Å². The third kappa shape index (κ3) is 3.40. The number of halogens is 1. The lowest BCUT2D eigenvalue weighted by molar-refractivity contribution is -0.142. The Morgan fingerprint density at radius 2 is 2.57 bits per heavy atom. The summed E-state index contributed by atoms with van der Waals surface area (Å²) in [4.78, 5) is 18.3. The van der Waals surface area contributed by atoms with Gasteiger partial charge in [0.05, 0.1) is 6.21 Å². The summed E-state index contributed by atoms with van der Waals surface area (Å²) in [5.41, 5.74) is 0.569. The molecule has 1 heterocycles. The van der Waals surface area contributed by atoms with Crippen LogP contribution in [0.3, 0.4) is 0 Å². The highest BCUT2D eigenvalue weighted by molar-refractivity contribution is 6.31. The zero-order chi connectivity index (χ0) is 10.4. The number of carboxylic acids is 1. The van der Waals surface area contributed by atoms with Crippen molar-refractivity contribution in [2.24, 2.45) is 5.16 Å². The Balaban J connectivity index is 2.52. The quantitative estimate of drug-likeness (QED) is 0.464. The van der Waals surface area contributed by atoms with Gasteiger partial charge in [-0.15, -0.1) is 0 Å². The van der Waals surface area contributed by atoms with E-state index in [9.17, 15) is 4.79 Å². The smallest absolute Gasteiger partial charge is 0.344 e. The van der Waals surface area contributed by atoms with Gasteiger partial charge in [-0.3, -0.25) is 0 Å². The van der Waals surface area contributed by atoms with E-state index in [0.717, 1.165) is 0 Å². The lowest BCUT2D eigenvalue weighted by Crippen LogP contribution is -2.03. The van der Waals surface area contributed by atoms with Gasteiger partial charge in [0.2, 0.25) is 6.61 Å². The predicted octanol–water partition coefficient (Wildman–Crippen LogP) is 1.17. The molecule has 0 saturated heterocycles. The van der Waals surface area contributed by atoms with Gasteiger partial charge in [0.1, 0.15) is 5.15 Å². The maximum atomic E-state index is 10.0. The third-order valence-corrected chi connectivity index (χ3v) is 1.56. The maximum Gasteiger partial charge on any atom is 0.344 e. The Morgan fingerprint density at radius 3 is 3.21 bits per heavy atom. The van der Waals surface area contributed by atoms with Crippen molar-refractivity contribution in [1.29, 1.82) is 0 Å². The number of nitrogens with zero attached hydrogens (tertiary/aromatic N) is 2. The summed E-state index contributed by atoms with van der Waals surface area (Å²) in [7, 11) is 0. The van der Waals surface area contributed by atoms with Crippen molar-refractivity contribution in [1.82, 2.24) is 4.98 Å². The van der Waals surface area contributed by atoms with E-state index in [0.29, 0.717) is 5.56 Å². The Kier molecular flexibility index (Phi) is 3.87. The van der Waals surface area contributed by atoms with Crippen LogP contribution < -0.4 is 0 Å². The van der Waals surface area contributed by atoms with E-state index in [1.165, 1.54) is 12.4 Å². The molecule has 6 heteroatoms. The van der Waals surface area contributed by atoms with Gasteiger partial charge in [-0.05, 0) is 12.1 Å². The van der Waals surface area contributed by atoms with Crippen molar-refractivity contribution >= 4 is 23.8 Å². The fraction of sp³-hybridized carbons (Fsp3) is 0.125. The highest BCUT2D eigenvalue weighted by atomic mass is 35.5. The van der Waals surface area contributed by atoms with E-state index < -0.39 is 12.6 Å². The van der Waals surface area contributed by atoms with Gasteiger partial charge in [-0.2, -0.15) is 0 Å². The molecule has 0 aliphatic heterocycles. The molecule has 1 aromatic rings. The minimum Gasteiger partial charge on any atom is -0.479 e. The molecule has 0 atom stereocenters. The molecular weight excluding hydrogens is 208 g/mol. The first kappa shape index (κ1) is 10.5. The molecule has 0 saturated carbocycles. The number of oxime groups is 1. The molecule has 0 unspecified atom stereocenters. The lowest BCUT2D eigenvalue weighted by atomic mass is 10.3. The number of carboxylic acid groups (broad SMARTS) is 1. The molecule has 5 nitrogen and oxygen atoms in total. The number of aliphatic carboxylic acids is 1. The standard InChI is InChI=1S/C8H7ClN2O3/c9-8-6(2-1-3-10-8)4-11-14-5-7(12)13/h1-4H,5H2,(H,12,13). The van der Waals surface area contributed by atoms with Crippen LogP contribution in [0.15, 0.2) is 23.5 Å². The molecule has 0 bridgehead atoms. The normalized spacial score (nSPS) is 10.4. The summed E-state index contributed by atoms with van der Waals surface area (Å²) in [5, 5.41) is 11.9. The Labute approximate surface area is 85.0 Å². The Morgan fingerprint density at radius 1 is 1.79 bits per heavy atom. The predicted molar refractivity (Wildman–Crippen MR) is 50.4 cm³/mol. The molecule has 0 spiro atoms. The molecule has 0 radical (unpaired) electrons. The van der Waals surface area contributed by atoms with Crippen molar-refractivity contribution in [3.63, 3.8) is 0 Å². The number of rotatable bonds is 4. The first-order chi connectivity index (χ1) is 6.70. The van der Waals surface area contributed by atoms with Gasteiger partial charge in [0, 0.05) is 11.8 Å². The van der Waals surface area contributed by atoms with Crippen LogP contribution in [-0.4, -0.2) is 28.9 Å². The van der Waals surface area contributed by atoms with Gasteiger partial charge in [-0.25, -0.2) is 9.78 Å². The monoisotopic (exact) mass is 214 g/mol. The van der Waals surface area contributed by atoms with E-state index in [-0.39, 0.29) is 5.15 Å². The SMILES string of the molecule is O=C(O)CON=Cc1cccnc1Cl. The lowest BCUT2D eigenvalue weighted by Gasteiger charge is -1.95. The molecule has 14 heavy (non-hydrogen) atoms. The van der Waals surface area contributed by atoms with Gasteiger partial charge >= 0.3 is 5.97 Å². The van der Waals surface area contributed by atoms with Crippen molar-refractivity contribution in [2.45, 2.75) is 0 Å². The average Bonchev–Trinajstić information content (AvgIpc) is 2.15. The van der Waals surface area contributed by atoms with E-state index in [1.54, 1.807) is 12.1 Å². The molecule has 0 aliphatic rings. The van der Waals surface area contributed by atoms with E-state index in [1.807, 2.05) is 0 Å². The fourth-order valence-corrected chi connectivity index (χ4v) is 0.849. The molecule has 0 aliphatic carbocycles. The van der Waals surface area contributed by atoms with Crippen LogP contribution in [0, 0.1) is 0 Å². The van der Waals surface area contributed by atoms with E-state index in [4.69, 9.17) is 16.7 Å². The number of hydrogen-bond acceptors (Lipinski definition) is 4. The van der Waals surface area contributed by atoms with Gasteiger partial charge in [0.25, 0.3) is 0 Å². The van der Waals surface area contributed by atoms with Gasteiger partial charge in [-0.1, -0.05) is 16.8 Å². The first-order valence-corrected chi connectivity index (χ1v) is 4.05. The summed E-state index contributed by atoms with van der Waals surface area (Å²) in [6.07, 6.45) is 2.84. The molecular formula is C8H7ClN2O3. The first-order valence-electron chi connectivity index (χ1n) is 3.68. The molecule has 1 rings (SSSR count). The number of carbonyl (C=O) groups is 1. The van der Waals surface area contributed by atoms with Crippen LogP contribution in [0.4, 0.5) is 0 Å². The molecule has 0 aromatic carbocycles. The van der Waals surface area contributed by atoms with Crippen molar-refractivity contribution in [3.05, 3.63) is 29.0 Å². The van der Waals surface area contributed by atoms with Crippen LogP contribution in [0.25, 0.3) is 0 Å². The Bertz CT molecular complexity index is 354. The second kappa shape index (κ2) is 5.18. The molecule has 1 N–H and O–H groups in total. The largest absolute Gasteiger partial charge is 0.479 e. The summed E-state index contributed by atoms with van der Waals surface area (Å²) < 4.78 is 0. The summed E-state index contributed by atoms with van der Waals surface area (Å²) in [5.74, 6) is -1.08. The van der Waals surface area contributed by atoms with Crippen LogP contribution in [-0.2, 0) is 9.63 Å². The minimum absolute atomic E-state index is 0.287. The summed E-state index contributed by atoms with van der Waals surface area (Å²) in [6, 6.07) is 3.37. The van der Waals surface area contributed by atoms with Crippen molar-refractivity contribution in [3.8, 4) is 0 Å². The van der Waals surface area contributed by atoms with Crippen LogP contribution in [0.1, 0.15) is 5.56 Å². The molecule has 74 valence electrons. The maximum absolute atomic E-state index is 10.0. The van der Waals surface area contributed by atoms with E-state index in [2.05, 4.69) is 15.0 Å². The van der Waals surface area contributed by atoms with E-state index >= 15 is 0 Å². The number of pyridine rings is 1. The van der Waals surface area contributed by atoms with Crippen molar-refractivity contribution in [2.75, 3.05) is 6.61 Å². The number of aromatic nitrogens is 1. The minimum atomic E-state index is -1.08. The average molecular weight is 215 g/mol. The zero-order valence-electron chi connectivity index (χ0n) is 7.05. The zero-order valence-corrected chi connectivity index (χ0v) is 7.81. The second-order valence-electron chi connectivity index (χ2n) is 2.29. The summed E-state index contributed by atoms with van der Waals surface area (Å²) >= 11 is 5.69. The van der Waals surface area contributed by atoms with Crippen LogP contribution >= 0.6 is 11.6 Å². The second-order valence-corrected chi connectivity index (χ2v) is 2.64.